The number of ether oxygens (including phenoxy) is 1. The maximum absolute atomic E-state index is 11.9. The second-order valence-electron chi connectivity index (χ2n) is 5.64. The predicted octanol–water partition coefficient (Wildman–Crippen LogP) is -0.0590. The Hall–Kier alpha value is -1.39. The fourth-order valence-corrected chi connectivity index (χ4v) is 2.64. The van der Waals surface area contributed by atoms with Gasteiger partial charge in [0, 0.05) is 6.54 Å². The molecule has 1 N–H and O–H groups in total. The van der Waals surface area contributed by atoms with Crippen LogP contribution in [0.3, 0.4) is 0 Å². The van der Waals surface area contributed by atoms with Crippen LogP contribution in [0.1, 0.15) is 27.2 Å². The van der Waals surface area contributed by atoms with E-state index in [1.807, 2.05) is 0 Å². The molecule has 2 fully saturated rings. The fourth-order valence-electron chi connectivity index (χ4n) is 2.25. The zero-order chi connectivity index (χ0) is 15.3. The number of fused-ring (bicyclic) bond motifs is 1. The van der Waals surface area contributed by atoms with E-state index in [0.29, 0.717) is 11.5 Å². The van der Waals surface area contributed by atoms with E-state index in [9.17, 15) is 18.0 Å². The Balaban J connectivity index is 2.04. The van der Waals surface area contributed by atoms with Crippen molar-refractivity contribution in [3.8, 4) is 0 Å². The van der Waals surface area contributed by atoms with Crippen LogP contribution in [-0.4, -0.2) is 59.2 Å². The smallest absolute Gasteiger partial charge is 0.418 e. The number of hydrogen-bond acceptors (Lipinski definition) is 6. The van der Waals surface area contributed by atoms with Gasteiger partial charge in [0.1, 0.15) is 11.6 Å². The average molecular weight is 308 g/mol. The van der Waals surface area contributed by atoms with Crippen LogP contribution in [0.5, 0.6) is 0 Å². The van der Waals surface area contributed by atoms with Crippen molar-refractivity contribution in [3.63, 3.8) is 0 Å². The van der Waals surface area contributed by atoms with Crippen molar-refractivity contribution in [1.29, 1.82) is 0 Å². The van der Waals surface area contributed by atoms with Crippen LogP contribution in [0.4, 0.5) is 4.79 Å². The van der Waals surface area contributed by atoms with Gasteiger partial charge < -0.3 is 4.74 Å². The number of hydrogen-bond donors (Lipinski definition) is 1. The Kier molecular flexibility index (Phi) is 3.43. The summed E-state index contributed by atoms with van der Waals surface area (Å²) in [5.41, 5.74) is -0.688. The number of likely N-dealkylation sites (tertiary alicyclic amines) is 1. The summed E-state index contributed by atoms with van der Waals surface area (Å²) in [5, 5.41) is 0.574. The molecule has 9 nitrogen and oxygen atoms in total. The Morgan fingerprint density at radius 1 is 1.40 bits per heavy atom. The minimum Gasteiger partial charge on any atom is -0.444 e. The number of carbonyl (C=O) groups excluding carboxylic acids is 2. The van der Waals surface area contributed by atoms with Crippen molar-refractivity contribution in [2.45, 2.75) is 44.9 Å². The predicted molar refractivity (Wildman–Crippen MR) is 64.6 cm³/mol. The van der Waals surface area contributed by atoms with Crippen molar-refractivity contribution in [2.24, 2.45) is 0 Å². The summed E-state index contributed by atoms with van der Waals surface area (Å²) in [5.74, 6) is -0.698. The molecule has 0 aliphatic carbocycles. The summed E-state index contributed by atoms with van der Waals surface area (Å²) in [4.78, 5) is 24.9. The number of rotatable bonds is 2. The first-order valence-corrected chi connectivity index (χ1v) is 7.36. The highest BCUT2D eigenvalue weighted by Gasteiger charge is 2.58. The molecule has 0 aromatic rings. The van der Waals surface area contributed by atoms with Gasteiger partial charge in [-0.05, 0) is 27.2 Å². The van der Waals surface area contributed by atoms with Gasteiger partial charge in [0.15, 0.2) is 0 Å². The molecule has 0 aromatic heterocycles. The zero-order valence-corrected chi connectivity index (χ0v) is 12.1. The molecule has 2 saturated heterocycles. The molecule has 2 aliphatic rings. The van der Waals surface area contributed by atoms with Crippen molar-refractivity contribution in [1.82, 2.24) is 9.96 Å². The van der Waals surface area contributed by atoms with Crippen LogP contribution >= 0.6 is 0 Å². The highest BCUT2D eigenvalue weighted by molar-refractivity contribution is 7.80. The number of carbonyl (C=O) groups is 2. The van der Waals surface area contributed by atoms with Gasteiger partial charge in [-0.2, -0.15) is 13.5 Å². The third-order valence-electron chi connectivity index (χ3n) is 2.94. The Morgan fingerprint density at radius 2 is 2.00 bits per heavy atom. The lowest BCUT2D eigenvalue weighted by atomic mass is 10.00. The third kappa shape index (κ3) is 2.86. The monoisotopic (exact) mass is 308 g/mol. The van der Waals surface area contributed by atoms with E-state index in [2.05, 4.69) is 4.28 Å². The molecule has 0 saturated carbocycles. The van der Waals surface area contributed by atoms with Gasteiger partial charge in [0.05, 0.1) is 6.04 Å². The normalized spacial score (nSPS) is 26.3. The van der Waals surface area contributed by atoms with Crippen LogP contribution in [-0.2, 0) is 24.2 Å². The molecule has 0 radical (unpaired) electrons. The number of β-lactam (4-membered cyclic amide) rings is 1. The first-order valence-electron chi connectivity index (χ1n) is 5.99. The molecule has 2 aliphatic heterocycles. The standard InChI is InChI=1S/C10H16N2O7S/c1-10(2,3)18-9(14)11-5-4-6-7(11)8(13)12(6)19-20(15,16)17/h6-7H,4-5H2,1-3H3,(H,15,16,17)/t6-,7+/m1/s1. The maximum atomic E-state index is 11.9. The summed E-state index contributed by atoms with van der Waals surface area (Å²) in [6, 6.07) is -1.39. The van der Waals surface area contributed by atoms with Gasteiger partial charge in [0.25, 0.3) is 5.91 Å². The lowest BCUT2D eigenvalue weighted by Crippen LogP contribution is -2.67. The molecular weight excluding hydrogens is 292 g/mol. The molecule has 2 rings (SSSR count). The lowest BCUT2D eigenvalue weighted by molar-refractivity contribution is -0.199. The Labute approximate surface area is 116 Å². The van der Waals surface area contributed by atoms with Gasteiger partial charge >= 0.3 is 16.5 Å². The van der Waals surface area contributed by atoms with Gasteiger partial charge in [-0.15, -0.1) is 4.28 Å². The average Bonchev–Trinajstić information content (AvgIpc) is 2.62. The molecule has 2 amide bonds. The molecular formula is C10H16N2O7S. The maximum Gasteiger partial charge on any atom is 0.418 e. The second-order valence-corrected chi connectivity index (χ2v) is 6.65. The minimum absolute atomic E-state index is 0.251. The molecule has 0 aromatic carbocycles. The largest absolute Gasteiger partial charge is 0.444 e. The number of amides is 2. The van der Waals surface area contributed by atoms with Crippen molar-refractivity contribution in [3.05, 3.63) is 0 Å². The van der Waals surface area contributed by atoms with E-state index in [1.165, 1.54) is 4.90 Å². The van der Waals surface area contributed by atoms with Crippen LogP contribution in [0.25, 0.3) is 0 Å². The topological polar surface area (TPSA) is 113 Å². The van der Waals surface area contributed by atoms with Crippen molar-refractivity contribution < 1.29 is 31.6 Å². The van der Waals surface area contributed by atoms with Crippen molar-refractivity contribution in [2.75, 3.05) is 6.54 Å². The summed E-state index contributed by atoms with van der Waals surface area (Å²) in [6.45, 7) is 5.36. The van der Waals surface area contributed by atoms with Gasteiger partial charge in [0.2, 0.25) is 0 Å². The van der Waals surface area contributed by atoms with Crippen LogP contribution in [0, 0.1) is 0 Å². The van der Waals surface area contributed by atoms with Crippen LogP contribution in [0.15, 0.2) is 0 Å². The molecule has 0 bridgehead atoms. The Morgan fingerprint density at radius 3 is 2.50 bits per heavy atom. The van der Waals surface area contributed by atoms with E-state index in [0.717, 1.165) is 0 Å². The fraction of sp³-hybridized carbons (Fsp3) is 0.800. The lowest BCUT2D eigenvalue weighted by Gasteiger charge is -2.42. The first kappa shape index (κ1) is 15.0. The molecule has 10 heteroatoms. The summed E-state index contributed by atoms with van der Waals surface area (Å²) < 4.78 is 39.1. The number of hydroxylamine groups is 2. The summed E-state index contributed by atoms with van der Waals surface area (Å²) >= 11 is 0. The quantitative estimate of drug-likeness (QED) is 0.561. The minimum atomic E-state index is -4.75. The zero-order valence-electron chi connectivity index (χ0n) is 11.3. The van der Waals surface area contributed by atoms with Crippen LogP contribution < -0.4 is 0 Å². The third-order valence-corrected chi connectivity index (χ3v) is 3.29. The van der Waals surface area contributed by atoms with Gasteiger partial charge in [-0.3, -0.25) is 14.2 Å². The SMILES string of the molecule is CC(C)(C)OC(=O)N1CC[C@@H]2[C@H]1C(=O)N2OS(=O)(=O)O. The summed E-state index contributed by atoms with van der Waals surface area (Å²) in [7, 11) is -4.75. The summed E-state index contributed by atoms with van der Waals surface area (Å²) in [6.07, 6.45) is -0.282. The van der Waals surface area contributed by atoms with E-state index in [4.69, 9.17) is 9.29 Å². The van der Waals surface area contributed by atoms with E-state index in [-0.39, 0.29) is 6.54 Å². The molecule has 2 atom stereocenters. The first-order chi connectivity index (χ1) is 8.99. The molecule has 114 valence electrons. The molecule has 0 spiro atoms. The van der Waals surface area contributed by atoms with Gasteiger partial charge in [-0.1, -0.05) is 0 Å². The van der Waals surface area contributed by atoms with Crippen LogP contribution in [0.2, 0.25) is 0 Å². The van der Waals surface area contributed by atoms with Gasteiger partial charge in [-0.25, -0.2) is 4.79 Å². The molecule has 0 unspecified atom stereocenters. The second kappa shape index (κ2) is 4.57. The highest BCUT2D eigenvalue weighted by atomic mass is 32.3. The number of nitrogens with zero attached hydrogens (tertiary/aromatic N) is 2. The van der Waals surface area contributed by atoms with Crippen molar-refractivity contribution >= 4 is 22.4 Å². The molecule has 20 heavy (non-hydrogen) atoms. The van der Waals surface area contributed by atoms with E-state index >= 15 is 0 Å². The molecule has 2 heterocycles. The van der Waals surface area contributed by atoms with E-state index in [1.54, 1.807) is 20.8 Å². The van der Waals surface area contributed by atoms with E-state index < -0.39 is 40.1 Å². The highest BCUT2D eigenvalue weighted by Crippen LogP contribution is 2.35. The Bertz CT molecular complexity index is 538.